The molecule has 1 heterocycles. The Hall–Kier alpha value is -3.66. The summed E-state index contributed by atoms with van der Waals surface area (Å²) in [6.07, 6.45) is 3.78. The summed E-state index contributed by atoms with van der Waals surface area (Å²) in [5, 5.41) is 4.22. The summed E-state index contributed by atoms with van der Waals surface area (Å²) in [4.78, 5) is 24.6. The molecule has 6 N–H and O–H groups in total. The van der Waals surface area contributed by atoms with E-state index in [-0.39, 0.29) is 40.7 Å². The summed E-state index contributed by atoms with van der Waals surface area (Å²) < 4.78 is 35.3. The number of carbonyl (C=O) groups excluding carboxylic acids is 2. The number of amides is 2. The van der Waals surface area contributed by atoms with E-state index in [1.807, 2.05) is 0 Å². The van der Waals surface area contributed by atoms with Crippen LogP contribution in [0.4, 0.5) is 8.78 Å². The molecule has 34 heavy (non-hydrogen) atoms. The Bertz CT molecular complexity index is 1150. The minimum Gasteiger partial charge on any atom is -0.496 e. The van der Waals surface area contributed by atoms with Crippen LogP contribution < -0.4 is 26.9 Å². The molecule has 1 unspecified atom stereocenters. The second-order valence-corrected chi connectivity index (χ2v) is 8.38. The number of nitrogens with one attached hydrogen (secondary N) is 2. The summed E-state index contributed by atoms with van der Waals surface area (Å²) >= 11 is 0. The fourth-order valence-electron chi connectivity index (χ4n) is 4.57. The number of hydrogen-bond donors (Lipinski definition) is 4. The van der Waals surface area contributed by atoms with E-state index in [0.717, 1.165) is 37.8 Å². The van der Waals surface area contributed by atoms with Crippen molar-refractivity contribution in [1.29, 1.82) is 0 Å². The number of methoxy groups -OCH3 is 1. The number of rotatable bonds is 7. The molecule has 4 rings (SSSR count). The SMILES string of the molecule is COc1ccccc1C(=O)NCc1cc(F)c(C2NN(C3CCCC3)C(N)=C2C(N)=O)cc1F. The van der Waals surface area contributed by atoms with Gasteiger partial charge in [-0.1, -0.05) is 25.0 Å². The molecular formula is C24H27F2N5O3. The van der Waals surface area contributed by atoms with Gasteiger partial charge in [-0.15, -0.1) is 0 Å². The minimum atomic E-state index is -1.01. The first kappa shape index (κ1) is 23.5. The molecular weight excluding hydrogens is 444 g/mol. The third kappa shape index (κ3) is 4.41. The van der Waals surface area contributed by atoms with Gasteiger partial charge in [0.05, 0.1) is 24.3 Å². The summed E-state index contributed by atoms with van der Waals surface area (Å²) in [7, 11) is 1.44. The molecule has 0 radical (unpaired) electrons. The normalized spacial score (nSPS) is 18.4. The lowest BCUT2D eigenvalue weighted by Crippen LogP contribution is -2.42. The third-order valence-electron chi connectivity index (χ3n) is 6.32. The Morgan fingerprint density at radius 3 is 2.56 bits per heavy atom. The van der Waals surface area contributed by atoms with Crippen LogP contribution in [0.5, 0.6) is 5.75 Å². The van der Waals surface area contributed by atoms with Gasteiger partial charge < -0.3 is 21.5 Å². The van der Waals surface area contributed by atoms with Crippen LogP contribution in [0.15, 0.2) is 47.8 Å². The molecule has 2 aromatic rings. The average Bonchev–Trinajstić information content (AvgIpc) is 3.46. The van der Waals surface area contributed by atoms with Crippen molar-refractivity contribution in [3.05, 3.63) is 76.1 Å². The lowest BCUT2D eigenvalue weighted by atomic mass is 9.97. The molecule has 0 aromatic heterocycles. The second-order valence-electron chi connectivity index (χ2n) is 8.38. The first-order valence-electron chi connectivity index (χ1n) is 11.1. The summed E-state index contributed by atoms with van der Waals surface area (Å²) in [5.41, 5.74) is 14.9. The lowest BCUT2D eigenvalue weighted by molar-refractivity contribution is -0.114. The molecule has 2 aromatic carbocycles. The Labute approximate surface area is 195 Å². The fourth-order valence-corrected chi connectivity index (χ4v) is 4.57. The molecule has 2 aliphatic rings. The van der Waals surface area contributed by atoms with Crippen molar-refractivity contribution in [2.45, 2.75) is 44.3 Å². The molecule has 1 fully saturated rings. The standard InChI is InChI=1S/C24H27F2N5O3/c1-34-19-9-5-4-8-15(19)24(33)29-12-13-10-18(26)16(11-17(13)25)21-20(23(28)32)22(27)31(30-21)14-6-2-3-7-14/h4-5,8-11,14,21,30H,2-3,6-7,12,27H2,1H3,(H2,28,32)(H,29,33). The van der Waals surface area contributed by atoms with Crippen molar-refractivity contribution < 1.29 is 23.1 Å². The van der Waals surface area contributed by atoms with Gasteiger partial charge in [0, 0.05) is 23.7 Å². The summed E-state index contributed by atoms with van der Waals surface area (Å²) in [6, 6.07) is 7.64. The molecule has 0 saturated heterocycles. The number of para-hydroxylation sites is 1. The summed E-state index contributed by atoms with van der Waals surface area (Å²) in [6.45, 7) is -0.243. The number of carbonyl (C=O) groups is 2. The van der Waals surface area contributed by atoms with E-state index in [2.05, 4.69) is 10.7 Å². The van der Waals surface area contributed by atoms with Gasteiger partial charge in [-0.2, -0.15) is 0 Å². The highest BCUT2D eigenvalue weighted by atomic mass is 19.1. The van der Waals surface area contributed by atoms with Gasteiger partial charge >= 0.3 is 0 Å². The van der Waals surface area contributed by atoms with Crippen LogP contribution in [0.3, 0.4) is 0 Å². The Kier molecular flexibility index (Phi) is 6.69. The minimum absolute atomic E-state index is 0.00225. The van der Waals surface area contributed by atoms with Crippen LogP contribution in [0.1, 0.15) is 53.2 Å². The summed E-state index contributed by atoms with van der Waals surface area (Å²) in [5.74, 6) is -2.27. The lowest BCUT2D eigenvalue weighted by Gasteiger charge is -2.28. The van der Waals surface area contributed by atoms with E-state index in [4.69, 9.17) is 16.2 Å². The maximum Gasteiger partial charge on any atom is 0.255 e. The molecule has 8 nitrogen and oxygen atoms in total. The van der Waals surface area contributed by atoms with E-state index in [9.17, 15) is 14.0 Å². The molecule has 1 saturated carbocycles. The zero-order chi connectivity index (χ0) is 24.4. The van der Waals surface area contributed by atoms with Crippen LogP contribution in [0, 0.1) is 11.6 Å². The zero-order valence-corrected chi connectivity index (χ0v) is 18.7. The van der Waals surface area contributed by atoms with Gasteiger partial charge in [-0.3, -0.25) is 14.6 Å². The van der Waals surface area contributed by atoms with Crippen LogP contribution in [0.2, 0.25) is 0 Å². The molecule has 1 aliphatic carbocycles. The van der Waals surface area contributed by atoms with Crippen LogP contribution in [0.25, 0.3) is 0 Å². The highest BCUT2D eigenvalue weighted by molar-refractivity contribution is 5.97. The van der Waals surface area contributed by atoms with E-state index in [1.165, 1.54) is 7.11 Å². The third-order valence-corrected chi connectivity index (χ3v) is 6.32. The van der Waals surface area contributed by atoms with Crippen LogP contribution in [-0.2, 0) is 11.3 Å². The number of hydrogen-bond acceptors (Lipinski definition) is 6. The zero-order valence-electron chi connectivity index (χ0n) is 18.7. The topological polar surface area (TPSA) is 123 Å². The van der Waals surface area contributed by atoms with Crippen LogP contribution in [-0.4, -0.2) is 30.0 Å². The predicted octanol–water partition coefficient (Wildman–Crippen LogP) is 2.36. The Morgan fingerprint density at radius 1 is 1.18 bits per heavy atom. The smallest absolute Gasteiger partial charge is 0.255 e. The van der Waals surface area contributed by atoms with Crippen molar-refractivity contribution in [2.75, 3.05) is 7.11 Å². The quantitative estimate of drug-likeness (QED) is 0.492. The van der Waals surface area contributed by atoms with Crippen LogP contribution >= 0.6 is 0 Å². The first-order valence-corrected chi connectivity index (χ1v) is 11.1. The number of hydrazine groups is 1. The van der Waals surface area contributed by atoms with Crippen molar-refractivity contribution in [3.63, 3.8) is 0 Å². The predicted molar refractivity (Wildman–Crippen MR) is 121 cm³/mol. The number of primary amides is 1. The number of benzene rings is 2. The van der Waals surface area contributed by atoms with Gasteiger partial charge in [0.15, 0.2) is 0 Å². The highest BCUT2D eigenvalue weighted by Crippen LogP contribution is 2.36. The van der Waals surface area contributed by atoms with E-state index >= 15 is 4.39 Å². The van der Waals surface area contributed by atoms with Gasteiger partial charge in [0.2, 0.25) is 5.91 Å². The van der Waals surface area contributed by atoms with Crippen molar-refractivity contribution in [2.24, 2.45) is 11.5 Å². The largest absolute Gasteiger partial charge is 0.496 e. The number of nitrogens with zero attached hydrogens (tertiary/aromatic N) is 1. The molecule has 0 spiro atoms. The van der Waals surface area contributed by atoms with Gasteiger partial charge in [0.25, 0.3) is 5.91 Å². The molecule has 2 amide bonds. The molecule has 1 atom stereocenters. The Balaban J connectivity index is 1.55. The van der Waals surface area contributed by atoms with Gasteiger partial charge in [0.1, 0.15) is 23.2 Å². The van der Waals surface area contributed by atoms with Gasteiger partial charge in [-0.05, 0) is 37.1 Å². The second kappa shape index (κ2) is 9.68. The Morgan fingerprint density at radius 2 is 1.88 bits per heavy atom. The van der Waals surface area contributed by atoms with Crippen molar-refractivity contribution in [3.8, 4) is 5.75 Å². The molecule has 10 heteroatoms. The van der Waals surface area contributed by atoms with Crippen molar-refractivity contribution in [1.82, 2.24) is 15.8 Å². The maximum absolute atomic E-state index is 15.1. The molecule has 1 aliphatic heterocycles. The first-order chi connectivity index (χ1) is 16.3. The molecule has 180 valence electrons. The number of nitrogens with two attached hydrogens (primary N) is 2. The fraction of sp³-hybridized carbons (Fsp3) is 0.333. The van der Waals surface area contributed by atoms with E-state index in [0.29, 0.717) is 5.75 Å². The molecule has 0 bridgehead atoms. The average molecular weight is 472 g/mol. The van der Waals surface area contributed by atoms with Gasteiger partial charge in [-0.25, -0.2) is 14.2 Å². The number of halogens is 2. The van der Waals surface area contributed by atoms with Crippen molar-refractivity contribution >= 4 is 11.8 Å². The monoisotopic (exact) mass is 471 g/mol. The maximum atomic E-state index is 15.1. The van der Waals surface area contributed by atoms with E-state index < -0.39 is 29.5 Å². The van der Waals surface area contributed by atoms with E-state index in [1.54, 1.807) is 29.3 Å². The number of ether oxygens (including phenoxy) is 1. The highest BCUT2D eigenvalue weighted by Gasteiger charge is 2.39.